The van der Waals surface area contributed by atoms with Crippen LogP contribution in [0, 0.1) is 17.2 Å². The fraction of sp³-hybridized carbons (Fsp3) is 0.103. The van der Waals surface area contributed by atoms with Crippen molar-refractivity contribution in [3.8, 4) is 39.8 Å². The predicted molar refractivity (Wildman–Crippen MR) is 164 cm³/mol. The fourth-order valence-corrected chi connectivity index (χ4v) is 7.63. The lowest BCUT2D eigenvalue weighted by Crippen LogP contribution is -2.42. The summed E-state index contributed by atoms with van der Waals surface area (Å²) < 4.78 is 6.63. The minimum absolute atomic E-state index is 0.149. The number of ether oxygens (including phenoxy) is 1. The molecule has 194 valence electrons. The second-order valence-electron chi connectivity index (χ2n) is 11.4. The Morgan fingerprint density at radius 2 is 1.34 bits per heavy atom. The Kier molecular flexibility index (Phi) is 5.03. The van der Waals surface area contributed by atoms with Gasteiger partial charge in [0.05, 0.1) is 17.0 Å². The molecule has 3 atom stereocenters. The number of nitrogens with zero attached hydrogens (tertiary/aromatic N) is 1. The van der Waals surface area contributed by atoms with Crippen molar-refractivity contribution in [3.63, 3.8) is 0 Å². The highest BCUT2D eigenvalue weighted by molar-refractivity contribution is 5.79. The highest BCUT2D eigenvalue weighted by atomic mass is 16.5. The van der Waals surface area contributed by atoms with E-state index in [0.29, 0.717) is 5.56 Å². The van der Waals surface area contributed by atoms with Crippen molar-refractivity contribution >= 4 is 0 Å². The Bertz CT molecular complexity index is 1970. The van der Waals surface area contributed by atoms with E-state index >= 15 is 0 Å². The Morgan fingerprint density at radius 3 is 2.22 bits per heavy atom. The second-order valence-corrected chi connectivity index (χ2v) is 11.4. The average molecular weight is 526 g/mol. The van der Waals surface area contributed by atoms with Gasteiger partial charge in [-0.1, -0.05) is 116 Å². The van der Waals surface area contributed by atoms with Crippen LogP contribution in [0.25, 0.3) is 22.3 Å². The molecule has 1 spiro atoms. The van der Waals surface area contributed by atoms with Gasteiger partial charge in [0.15, 0.2) is 0 Å². The van der Waals surface area contributed by atoms with Gasteiger partial charge in [0.2, 0.25) is 0 Å². The lowest BCUT2D eigenvalue weighted by atomic mass is 9.59. The van der Waals surface area contributed by atoms with E-state index in [0.717, 1.165) is 33.8 Å². The maximum atomic E-state index is 9.72. The van der Waals surface area contributed by atoms with Gasteiger partial charge < -0.3 is 4.74 Å². The molecule has 0 saturated heterocycles. The summed E-state index contributed by atoms with van der Waals surface area (Å²) in [6.45, 7) is 2.38. The first-order valence-corrected chi connectivity index (χ1v) is 14.1. The van der Waals surface area contributed by atoms with E-state index in [4.69, 9.17) is 4.74 Å². The molecule has 2 nitrogen and oxygen atoms in total. The monoisotopic (exact) mass is 525 g/mol. The van der Waals surface area contributed by atoms with Crippen molar-refractivity contribution in [2.24, 2.45) is 5.92 Å². The van der Waals surface area contributed by atoms with Gasteiger partial charge in [-0.05, 0) is 63.7 Å². The summed E-state index contributed by atoms with van der Waals surface area (Å²) >= 11 is 0. The molecule has 0 saturated carbocycles. The van der Waals surface area contributed by atoms with Crippen molar-refractivity contribution < 1.29 is 4.74 Å². The first-order valence-electron chi connectivity index (χ1n) is 14.1. The molecule has 5 aromatic rings. The van der Waals surface area contributed by atoms with Crippen LogP contribution in [-0.4, -0.2) is 0 Å². The number of benzene rings is 5. The SMILES string of the molecule is CC12C=CC=CC1C1(c3ccccc3Oc3ccc(-c4cccc(-c5ccccc5C#N)c4)cc31)c1ccccc12. The molecule has 5 aromatic carbocycles. The summed E-state index contributed by atoms with van der Waals surface area (Å²) in [5.41, 5.74) is 9.46. The zero-order valence-electron chi connectivity index (χ0n) is 22.7. The van der Waals surface area contributed by atoms with Crippen molar-refractivity contribution in [1.29, 1.82) is 5.26 Å². The minimum atomic E-state index is -0.405. The molecule has 0 N–H and O–H groups in total. The van der Waals surface area contributed by atoms with Gasteiger partial charge in [-0.25, -0.2) is 0 Å². The molecule has 3 aliphatic rings. The third-order valence-electron chi connectivity index (χ3n) is 9.39. The van der Waals surface area contributed by atoms with Gasteiger partial charge >= 0.3 is 0 Å². The van der Waals surface area contributed by atoms with Crippen LogP contribution in [0.2, 0.25) is 0 Å². The largest absolute Gasteiger partial charge is 0.457 e. The van der Waals surface area contributed by atoms with Gasteiger partial charge in [0.25, 0.3) is 0 Å². The van der Waals surface area contributed by atoms with Gasteiger partial charge in [0, 0.05) is 22.5 Å². The molecule has 1 aliphatic heterocycles. The molecule has 0 fully saturated rings. The molecular formula is C39H27NO. The third kappa shape index (κ3) is 3.18. The number of allylic oxidation sites excluding steroid dienone is 4. The number of para-hydroxylation sites is 1. The van der Waals surface area contributed by atoms with E-state index in [1.54, 1.807) is 0 Å². The van der Waals surface area contributed by atoms with Gasteiger partial charge in [-0.2, -0.15) is 5.26 Å². The highest BCUT2D eigenvalue weighted by Gasteiger charge is 2.60. The first kappa shape index (κ1) is 23.7. The van der Waals surface area contributed by atoms with E-state index in [2.05, 4.69) is 128 Å². The third-order valence-corrected chi connectivity index (χ3v) is 9.39. The molecular weight excluding hydrogens is 498 g/mol. The van der Waals surface area contributed by atoms with Crippen LogP contribution in [0.1, 0.15) is 34.7 Å². The van der Waals surface area contributed by atoms with Crippen molar-refractivity contribution in [1.82, 2.24) is 0 Å². The molecule has 8 rings (SSSR count). The maximum Gasteiger partial charge on any atom is 0.131 e. The Balaban J connectivity index is 1.39. The van der Waals surface area contributed by atoms with Crippen molar-refractivity contribution in [3.05, 3.63) is 167 Å². The fourth-order valence-electron chi connectivity index (χ4n) is 7.63. The van der Waals surface area contributed by atoms with E-state index in [9.17, 15) is 5.26 Å². The van der Waals surface area contributed by atoms with Gasteiger partial charge in [0.1, 0.15) is 11.5 Å². The number of fused-ring (bicyclic) bond motifs is 9. The summed E-state index contributed by atoms with van der Waals surface area (Å²) in [5, 5.41) is 9.72. The quantitative estimate of drug-likeness (QED) is 0.230. The van der Waals surface area contributed by atoms with Crippen molar-refractivity contribution in [2.45, 2.75) is 17.8 Å². The lowest BCUT2D eigenvalue weighted by Gasteiger charge is -2.45. The molecule has 3 unspecified atom stereocenters. The number of hydrogen-bond donors (Lipinski definition) is 0. The topological polar surface area (TPSA) is 33.0 Å². The zero-order chi connectivity index (χ0) is 27.6. The summed E-state index contributed by atoms with van der Waals surface area (Å²) in [6, 6.07) is 42.8. The van der Waals surface area contributed by atoms with Crippen LogP contribution in [0.4, 0.5) is 0 Å². The van der Waals surface area contributed by atoms with Gasteiger partial charge in [-0.3, -0.25) is 0 Å². The molecule has 2 heteroatoms. The van der Waals surface area contributed by atoms with E-state index in [-0.39, 0.29) is 11.3 Å². The second kappa shape index (κ2) is 8.68. The zero-order valence-corrected chi connectivity index (χ0v) is 22.7. The first-order chi connectivity index (χ1) is 20.1. The predicted octanol–water partition coefficient (Wildman–Crippen LogP) is 9.35. The van der Waals surface area contributed by atoms with Crippen LogP contribution < -0.4 is 4.74 Å². The summed E-state index contributed by atoms with van der Waals surface area (Å²) in [4.78, 5) is 0. The van der Waals surface area contributed by atoms with Crippen LogP contribution in [0.3, 0.4) is 0 Å². The lowest BCUT2D eigenvalue weighted by molar-refractivity contribution is 0.329. The van der Waals surface area contributed by atoms with Crippen LogP contribution in [0.15, 0.2) is 140 Å². The Hall–Kier alpha value is -5.13. The summed E-state index contributed by atoms with van der Waals surface area (Å²) in [5.74, 6) is 2.01. The minimum Gasteiger partial charge on any atom is -0.457 e. The molecule has 2 aliphatic carbocycles. The van der Waals surface area contributed by atoms with Crippen LogP contribution in [0.5, 0.6) is 11.5 Å². The standard InChI is InChI=1S/C39H27NO/c1-38-22-9-8-19-37(38)39(32-16-5-4-15-31(32)38)33-17-6-7-18-35(33)41-36-21-20-27(24-34(36)39)26-12-10-13-28(23-26)30-14-3-2-11-29(30)25-40/h2-24,37H,1H3. The van der Waals surface area contributed by atoms with E-state index in [1.807, 2.05) is 24.3 Å². The number of rotatable bonds is 2. The molecule has 0 radical (unpaired) electrons. The Labute approximate surface area is 240 Å². The molecule has 41 heavy (non-hydrogen) atoms. The summed E-state index contributed by atoms with van der Waals surface area (Å²) in [7, 11) is 0. The van der Waals surface area contributed by atoms with Crippen LogP contribution in [-0.2, 0) is 10.8 Å². The van der Waals surface area contributed by atoms with E-state index < -0.39 is 5.41 Å². The van der Waals surface area contributed by atoms with E-state index in [1.165, 1.54) is 22.3 Å². The normalized spacial score (nSPS) is 22.7. The summed E-state index contributed by atoms with van der Waals surface area (Å²) in [6.07, 6.45) is 9.18. The smallest absolute Gasteiger partial charge is 0.131 e. The molecule has 0 bridgehead atoms. The number of hydrogen-bond acceptors (Lipinski definition) is 2. The van der Waals surface area contributed by atoms with Crippen LogP contribution >= 0.6 is 0 Å². The highest BCUT2D eigenvalue weighted by Crippen LogP contribution is 2.66. The molecule has 0 amide bonds. The Morgan fingerprint density at radius 1 is 0.634 bits per heavy atom. The maximum absolute atomic E-state index is 9.72. The molecule has 1 heterocycles. The van der Waals surface area contributed by atoms with Gasteiger partial charge in [-0.15, -0.1) is 0 Å². The molecule has 0 aromatic heterocycles. The number of nitriles is 1. The average Bonchev–Trinajstić information content (AvgIpc) is 3.27. The van der Waals surface area contributed by atoms with Crippen molar-refractivity contribution in [2.75, 3.05) is 0 Å².